The van der Waals surface area contributed by atoms with E-state index in [4.69, 9.17) is 9.84 Å². The molecule has 0 aliphatic carbocycles. The van der Waals surface area contributed by atoms with E-state index in [1.54, 1.807) is 24.1 Å². The lowest BCUT2D eigenvalue weighted by molar-refractivity contribution is -0.131. The number of hydrogen-bond donors (Lipinski definition) is 1. The molecule has 1 amide bonds. The van der Waals surface area contributed by atoms with Crippen LogP contribution >= 0.6 is 0 Å². The SMILES string of the molecule is CCOCCC(=O)N(C)Cc1ccc(O)cc1. The third-order valence-corrected chi connectivity index (χ3v) is 2.45. The van der Waals surface area contributed by atoms with Gasteiger partial charge in [-0.05, 0) is 24.6 Å². The molecule has 0 fully saturated rings. The van der Waals surface area contributed by atoms with Crippen molar-refractivity contribution in [1.29, 1.82) is 0 Å². The second kappa shape index (κ2) is 6.91. The van der Waals surface area contributed by atoms with Crippen molar-refractivity contribution in [1.82, 2.24) is 4.90 Å². The standard InChI is InChI=1S/C13H19NO3/c1-3-17-9-8-13(16)14(2)10-11-4-6-12(15)7-5-11/h4-7,15H,3,8-10H2,1-2H3. The number of benzene rings is 1. The fourth-order valence-electron chi connectivity index (χ4n) is 1.46. The van der Waals surface area contributed by atoms with Crippen LogP contribution in [0.4, 0.5) is 0 Å². The molecular weight excluding hydrogens is 218 g/mol. The summed E-state index contributed by atoms with van der Waals surface area (Å²) in [6, 6.07) is 6.85. The molecule has 94 valence electrons. The maximum Gasteiger partial charge on any atom is 0.224 e. The van der Waals surface area contributed by atoms with Gasteiger partial charge in [-0.15, -0.1) is 0 Å². The van der Waals surface area contributed by atoms with Crippen molar-refractivity contribution in [2.24, 2.45) is 0 Å². The minimum absolute atomic E-state index is 0.0616. The summed E-state index contributed by atoms with van der Waals surface area (Å²) in [5.41, 5.74) is 0.995. The Hall–Kier alpha value is -1.55. The van der Waals surface area contributed by atoms with Crippen molar-refractivity contribution in [3.05, 3.63) is 29.8 Å². The van der Waals surface area contributed by atoms with Gasteiger partial charge in [-0.1, -0.05) is 12.1 Å². The molecule has 0 heterocycles. The highest BCUT2D eigenvalue weighted by molar-refractivity contribution is 5.75. The predicted octanol–water partition coefficient (Wildman–Crippen LogP) is 1.78. The molecule has 0 aromatic heterocycles. The minimum Gasteiger partial charge on any atom is -0.508 e. The molecule has 0 aliphatic rings. The number of phenolic OH excluding ortho intramolecular Hbond substituents is 1. The highest BCUT2D eigenvalue weighted by atomic mass is 16.5. The number of rotatable bonds is 6. The number of hydrogen-bond acceptors (Lipinski definition) is 3. The average Bonchev–Trinajstić information content (AvgIpc) is 2.32. The Morgan fingerprint density at radius 1 is 1.35 bits per heavy atom. The first-order valence-electron chi connectivity index (χ1n) is 5.73. The summed E-state index contributed by atoms with van der Waals surface area (Å²) in [7, 11) is 1.77. The lowest BCUT2D eigenvalue weighted by atomic mass is 10.2. The van der Waals surface area contributed by atoms with Crippen molar-refractivity contribution in [3.8, 4) is 5.75 Å². The highest BCUT2D eigenvalue weighted by Crippen LogP contribution is 2.11. The molecule has 0 unspecified atom stereocenters. The van der Waals surface area contributed by atoms with Gasteiger partial charge in [0.2, 0.25) is 5.91 Å². The number of nitrogens with zero attached hydrogens (tertiary/aromatic N) is 1. The molecule has 0 bridgehead atoms. The lowest BCUT2D eigenvalue weighted by Gasteiger charge is -2.17. The van der Waals surface area contributed by atoms with Crippen LogP contribution in [-0.4, -0.2) is 36.2 Å². The summed E-state index contributed by atoms with van der Waals surface area (Å²) in [4.78, 5) is 13.3. The molecule has 0 saturated carbocycles. The number of ether oxygens (including phenoxy) is 1. The zero-order valence-electron chi connectivity index (χ0n) is 10.3. The van der Waals surface area contributed by atoms with Gasteiger partial charge in [0, 0.05) is 20.2 Å². The Balaban J connectivity index is 2.40. The van der Waals surface area contributed by atoms with Crippen LogP contribution in [0.1, 0.15) is 18.9 Å². The zero-order chi connectivity index (χ0) is 12.7. The van der Waals surface area contributed by atoms with Gasteiger partial charge in [-0.2, -0.15) is 0 Å². The van der Waals surface area contributed by atoms with Crippen LogP contribution < -0.4 is 0 Å². The second-order valence-electron chi connectivity index (χ2n) is 3.86. The van der Waals surface area contributed by atoms with Crippen LogP contribution in [0.5, 0.6) is 5.75 Å². The van der Waals surface area contributed by atoms with E-state index in [0.717, 1.165) is 5.56 Å². The smallest absolute Gasteiger partial charge is 0.224 e. The number of amides is 1. The first-order valence-corrected chi connectivity index (χ1v) is 5.73. The molecule has 0 radical (unpaired) electrons. The number of aromatic hydroxyl groups is 1. The number of phenols is 1. The van der Waals surface area contributed by atoms with E-state index >= 15 is 0 Å². The molecule has 0 spiro atoms. The Labute approximate surface area is 102 Å². The van der Waals surface area contributed by atoms with Crippen molar-refractivity contribution in [2.45, 2.75) is 19.9 Å². The molecule has 1 aromatic carbocycles. The Bertz CT molecular complexity index is 348. The highest BCUT2D eigenvalue weighted by Gasteiger charge is 2.08. The number of carbonyl (C=O) groups is 1. The molecule has 4 heteroatoms. The first-order chi connectivity index (χ1) is 8.13. The summed E-state index contributed by atoms with van der Waals surface area (Å²) in [5, 5.41) is 9.15. The third kappa shape index (κ3) is 4.87. The number of carbonyl (C=O) groups excluding carboxylic acids is 1. The first kappa shape index (κ1) is 13.5. The predicted molar refractivity (Wildman–Crippen MR) is 65.7 cm³/mol. The minimum atomic E-state index is 0.0616. The second-order valence-corrected chi connectivity index (χ2v) is 3.86. The molecule has 0 saturated heterocycles. The van der Waals surface area contributed by atoms with Crippen molar-refractivity contribution in [2.75, 3.05) is 20.3 Å². The summed E-state index contributed by atoms with van der Waals surface area (Å²) in [6.45, 7) is 3.56. The fourth-order valence-corrected chi connectivity index (χ4v) is 1.46. The van der Waals surface area contributed by atoms with Gasteiger partial charge in [0.25, 0.3) is 0 Å². The van der Waals surface area contributed by atoms with Crippen molar-refractivity contribution < 1.29 is 14.6 Å². The maximum atomic E-state index is 11.7. The quantitative estimate of drug-likeness (QED) is 0.767. The molecule has 1 rings (SSSR count). The molecule has 0 atom stereocenters. The van der Waals surface area contributed by atoms with E-state index in [-0.39, 0.29) is 11.7 Å². The summed E-state index contributed by atoms with van der Waals surface area (Å²) >= 11 is 0. The van der Waals surface area contributed by atoms with Crippen LogP contribution in [0.15, 0.2) is 24.3 Å². The van der Waals surface area contributed by atoms with Gasteiger partial charge in [-0.3, -0.25) is 4.79 Å². The lowest BCUT2D eigenvalue weighted by Crippen LogP contribution is -2.27. The summed E-state index contributed by atoms with van der Waals surface area (Å²) in [6.07, 6.45) is 0.405. The summed E-state index contributed by atoms with van der Waals surface area (Å²) < 4.78 is 5.14. The van der Waals surface area contributed by atoms with Crippen molar-refractivity contribution in [3.63, 3.8) is 0 Å². The molecule has 1 N–H and O–H groups in total. The maximum absolute atomic E-state index is 11.7. The van der Waals surface area contributed by atoms with E-state index in [2.05, 4.69) is 0 Å². The van der Waals surface area contributed by atoms with Gasteiger partial charge in [0.1, 0.15) is 5.75 Å². The van der Waals surface area contributed by atoms with Crippen LogP contribution in [0.2, 0.25) is 0 Å². The monoisotopic (exact) mass is 237 g/mol. The van der Waals surface area contributed by atoms with E-state index < -0.39 is 0 Å². The van der Waals surface area contributed by atoms with Gasteiger partial charge in [-0.25, -0.2) is 0 Å². The van der Waals surface area contributed by atoms with E-state index in [0.29, 0.717) is 26.2 Å². The Kier molecular flexibility index (Phi) is 5.49. The van der Waals surface area contributed by atoms with E-state index in [1.807, 2.05) is 19.1 Å². The van der Waals surface area contributed by atoms with Gasteiger partial charge < -0.3 is 14.7 Å². The zero-order valence-corrected chi connectivity index (χ0v) is 10.3. The van der Waals surface area contributed by atoms with E-state index in [1.165, 1.54) is 0 Å². The average molecular weight is 237 g/mol. The molecule has 1 aromatic rings. The van der Waals surface area contributed by atoms with Crippen LogP contribution in [0.3, 0.4) is 0 Å². The fraction of sp³-hybridized carbons (Fsp3) is 0.462. The topological polar surface area (TPSA) is 49.8 Å². The van der Waals surface area contributed by atoms with Crippen molar-refractivity contribution >= 4 is 5.91 Å². The normalized spacial score (nSPS) is 10.2. The van der Waals surface area contributed by atoms with Crippen LogP contribution in [0.25, 0.3) is 0 Å². The van der Waals surface area contributed by atoms with Crippen LogP contribution in [-0.2, 0) is 16.1 Å². The van der Waals surface area contributed by atoms with Gasteiger partial charge >= 0.3 is 0 Å². The third-order valence-electron chi connectivity index (χ3n) is 2.45. The van der Waals surface area contributed by atoms with E-state index in [9.17, 15) is 4.79 Å². The van der Waals surface area contributed by atoms with Gasteiger partial charge in [0.15, 0.2) is 0 Å². The Morgan fingerprint density at radius 2 is 2.00 bits per heavy atom. The van der Waals surface area contributed by atoms with Crippen LogP contribution in [0, 0.1) is 0 Å². The summed E-state index contributed by atoms with van der Waals surface area (Å²) in [5.74, 6) is 0.297. The molecule has 4 nitrogen and oxygen atoms in total. The molecular formula is C13H19NO3. The van der Waals surface area contributed by atoms with Gasteiger partial charge in [0.05, 0.1) is 13.0 Å². The Morgan fingerprint density at radius 3 is 2.59 bits per heavy atom. The molecule has 17 heavy (non-hydrogen) atoms. The largest absolute Gasteiger partial charge is 0.508 e. The molecule has 0 aliphatic heterocycles.